The van der Waals surface area contributed by atoms with Crippen molar-refractivity contribution in [3.05, 3.63) is 82.9 Å². The summed E-state index contributed by atoms with van der Waals surface area (Å²) in [6.45, 7) is 4.11. The molecule has 1 saturated carbocycles. The molecule has 3 rings (SSSR count). The smallest absolute Gasteiger partial charge is 0.166 e. The van der Waals surface area contributed by atoms with Gasteiger partial charge in [-0.1, -0.05) is 42.5 Å². The van der Waals surface area contributed by atoms with Gasteiger partial charge in [-0.25, -0.2) is 0 Å². The van der Waals surface area contributed by atoms with Crippen LogP contribution in [0.4, 0.5) is 26.3 Å². The highest BCUT2D eigenvalue weighted by molar-refractivity contribution is 5.34. The van der Waals surface area contributed by atoms with Crippen LogP contribution in [-0.4, -0.2) is 0 Å². The molecule has 1 fully saturated rings. The maximum Gasteiger partial charge on any atom is 0.416 e. The molecule has 2 aromatic rings. The van der Waals surface area contributed by atoms with Gasteiger partial charge < -0.3 is 0 Å². The van der Waals surface area contributed by atoms with Gasteiger partial charge in [0.05, 0.1) is 11.1 Å². The summed E-state index contributed by atoms with van der Waals surface area (Å²) >= 11 is 0. The first-order valence-electron chi connectivity index (χ1n) is 10.5. The second-order valence-corrected chi connectivity index (χ2v) is 8.52. The Morgan fingerprint density at radius 1 is 0.806 bits per heavy atom. The molecule has 1 aliphatic rings. The van der Waals surface area contributed by atoms with Gasteiger partial charge in [0.1, 0.15) is 0 Å². The first-order chi connectivity index (χ1) is 14.5. The van der Waals surface area contributed by atoms with E-state index in [1.54, 1.807) is 0 Å². The lowest BCUT2D eigenvalue weighted by atomic mass is 9.70. The molecule has 0 heterocycles. The van der Waals surface area contributed by atoms with Crippen LogP contribution < -0.4 is 0 Å². The van der Waals surface area contributed by atoms with E-state index in [9.17, 15) is 26.3 Å². The summed E-state index contributed by atoms with van der Waals surface area (Å²) in [5, 5.41) is 0. The Kier molecular flexibility index (Phi) is 6.87. The van der Waals surface area contributed by atoms with E-state index in [0.29, 0.717) is 12.8 Å². The van der Waals surface area contributed by atoms with E-state index in [4.69, 9.17) is 0 Å². The molecule has 0 amide bonds. The molecule has 1 unspecified atom stereocenters. The summed E-state index contributed by atoms with van der Waals surface area (Å²) in [6, 6.07) is 11.9. The summed E-state index contributed by atoms with van der Waals surface area (Å²) in [4.78, 5) is 0. The zero-order valence-corrected chi connectivity index (χ0v) is 17.3. The predicted octanol–water partition coefficient (Wildman–Crippen LogP) is 8.51. The van der Waals surface area contributed by atoms with Crippen molar-refractivity contribution >= 4 is 0 Å². The number of halogens is 6. The molecule has 0 radical (unpaired) electrons. The summed E-state index contributed by atoms with van der Waals surface area (Å²) in [5.41, 5.74) is -0.171. The van der Waals surface area contributed by atoms with Gasteiger partial charge in [0.2, 0.25) is 0 Å². The third kappa shape index (κ3) is 5.92. The maximum atomic E-state index is 13.1. The van der Waals surface area contributed by atoms with E-state index >= 15 is 0 Å². The molecule has 168 valence electrons. The molecular formula is C25H26F6. The minimum atomic E-state index is -4.82. The fourth-order valence-electron chi connectivity index (χ4n) is 4.61. The average Bonchev–Trinajstić information content (AvgIpc) is 2.89. The summed E-state index contributed by atoms with van der Waals surface area (Å²) in [6.07, 6.45) is -3.59. The van der Waals surface area contributed by atoms with Crippen LogP contribution in [0.5, 0.6) is 0 Å². The SMILES string of the molecule is C=C1CCCC(CCCc2cc(C(F)(F)F)cc(C(F)(F)F)c2)(c2ccccc2)CC1. The molecule has 0 aromatic heterocycles. The molecule has 0 bridgehead atoms. The van der Waals surface area contributed by atoms with Crippen molar-refractivity contribution < 1.29 is 26.3 Å². The highest BCUT2D eigenvalue weighted by Crippen LogP contribution is 2.43. The Bertz CT molecular complexity index is 862. The number of benzene rings is 2. The zero-order valence-electron chi connectivity index (χ0n) is 17.3. The van der Waals surface area contributed by atoms with Crippen molar-refractivity contribution in [2.75, 3.05) is 0 Å². The molecule has 31 heavy (non-hydrogen) atoms. The molecule has 2 aromatic carbocycles. The van der Waals surface area contributed by atoms with E-state index in [-0.39, 0.29) is 23.5 Å². The molecule has 0 N–H and O–H groups in total. The largest absolute Gasteiger partial charge is 0.416 e. The topological polar surface area (TPSA) is 0 Å². The number of hydrogen-bond acceptors (Lipinski definition) is 0. The van der Waals surface area contributed by atoms with E-state index in [1.165, 1.54) is 11.1 Å². The van der Waals surface area contributed by atoms with Gasteiger partial charge in [-0.15, -0.1) is 0 Å². The van der Waals surface area contributed by atoms with Gasteiger partial charge in [0.15, 0.2) is 0 Å². The Morgan fingerprint density at radius 2 is 1.42 bits per heavy atom. The molecule has 1 atom stereocenters. The Morgan fingerprint density at radius 3 is 2.00 bits per heavy atom. The highest BCUT2D eigenvalue weighted by Gasteiger charge is 2.37. The van der Waals surface area contributed by atoms with Gasteiger partial charge in [-0.05, 0) is 86.1 Å². The number of alkyl halides is 6. The van der Waals surface area contributed by atoms with Crippen LogP contribution in [0, 0.1) is 0 Å². The average molecular weight is 440 g/mol. The molecule has 1 aliphatic carbocycles. The third-order valence-electron chi connectivity index (χ3n) is 6.30. The van der Waals surface area contributed by atoms with Crippen molar-refractivity contribution in [2.45, 2.75) is 69.1 Å². The second-order valence-electron chi connectivity index (χ2n) is 8.52. The van der Waals surface area contributed by atoms with Crippen molar-refractivity contribution in [1.29, 1.82) is 0 Å². The molecule has 0 aliphatic heterocycles. The molecule has 0 saturated heterocycles. The van der Waals surface area contributed by atoms with Crippen LogP contribution >= 0.6 is 0 Å². The van der Waals surface area contributed by atoms with E-state index < -0.39 is 23.5 Å². The Labute approximate surface area is 179 Å². The maximum absolute atomic E-state index is 13.1. The minimum Gasteiger partial charge on any atom is -0.166 e. The molecule has 0 spiro atoms. The fourth-order valence-corrected chi connectivity index (χ4v) is 4.61. The number of hydrogen-bond donors (Lipinski definition) is 0. The van der Waals surface area contributed by atoms with Crippen LogP contribution in [0.25, 0.3) is 0 Å². The van der Waals surface area contributed by atoms with Crippen LogP contribution in [-0.2, 0) is 24.2 Å². The Hall–Kier alpha value is -2.24. The van der Waals surface area contributed by atoms with Gasteiger partial charge in [0, 0.05) is 0 Å². The van der Waals surface area contributed by atoms with E-state index in [2.05, 4.69) is 18.7 Å². The standard InChI is InChI=1S/C25H26F6/c1-18-7-5-12-23(14-11-18,20-9-3-2-4-10-20)13-6-8-19-15-21(24(26,27)28)17-22(16-19)25(29,30)31/h2-4,9-10,15-17H,1,5-8,11-14H2. The minimum absolute atomic E-state index is 0.0726. The van der Waals surface area contributed by atoms with E-state index in [0.717, 1.165) is 44.2 Å². The van der Waals surface area contributed by atoms with Crippen molar-refractivity contribution in [2.24, 2.45) is 0 Å². The normalized spacial score (nSPS) is 20.5. The van der Waals surface area contributed by atoms with Crippen LogP contribution in [0.2, 0.25) is 0 Å². The number of aryl methyl sites for hydroxylation is 1. The van der Waals surface area contributed by atoms with Gasteiger partial charge >= 0.3 is 12.4 Å². The first kappa shape index (κ1) is 23.4. The number of rotatable bonds is 5. The van der Waals surface area contributed by atoms with E-state index in [1.807, 2.05) is 18.2 Å². The van der Waals surface area contributed by atoms with Gasteiger partial charge in [0.25, 0.3) is 0 Å². The predicted molar refractivity (Wildman–Crippen MR) is 110 cm³/mol. The Balaban J connectivity index is 1.83. The van der Waals surface area contributed by atoms with Gasteiger partial charge in [-0.2, -0.15) is 26.3 Å². The first-order valence-corrected chi connectivity index (χ1v) is 10.5. The summed E-state index contributed by atoms with van der Waals surface area (Å²) in [7, 11) is 0. The monoisotopic (exact) mass is 440 g/mol. The third-order valence-corrected chi connectivity index (χ3v) is 6.30. The van der Waals surface area contributed by atoms with Crippen molar-refractivity contribution in [3.8, 4) is 0 Å². The van der Waals surface area contributed by atoms with Crippen LogP contribution in [0.3, 0.4) is 0 Å². The highest BCUT2D eigenvalue weighted by atomic mass is 19.4. The number of allylic oxidation sites excluding steroid dienone is 1. The van der Waals surface area contributed by atoms with Gasteiger partial charge in [-0.3, -0.25) is 0 Å². The fraction of sp³-hybridized carbons (Fsp3) is 0.440. The zero-order chi connectivity index (χ0) is 22.7. The summed E-state index contributed by atoms with van der Waals surface area (Å²) in [5.74, 6) is 0. The summed E-state index contributed by atoms with van der Waals surface area (Å²) < 4.78 is 78.8. The molecule has 0 nitrogen and oxygen atoms in total. The lowest BCUT2D eigenvalue weighted by Gasteiger charge is -2.34. The molecule has 6 heteroatoms. The van der Waals surface area contributed by atoms with Crippen molar-refractivity contribution in [3.63, 3.8) is 0 Å². The second kappa shape index (κ2) is 9.09. The van der Waals surface area contributed by atoms with Crippen LogP contribution in [0.1, 0.15) is 67.2 Å². The van der Waals surface area contributed by atoms with Crippen LogP contribution in [0.15, 0.2) is 60.7 Å². The lowest BCUT2D eigenvalue weighted by molar-refractivity contribution is -0.143. The quantitative estimate of drug-likeness (QED) is 0.248. The molecular weight excluding hydrogens is 414 g/mol. The van der Waals surface area contributed by atoms with Crippen molar-refractivity contribution in [1.82, 2.24) is 0 Å². The lowest BCUT2D eigenvalue weighted by Crippen LogP contribution is -2.25.